The fourth-order valence-corrected chi connectivity index (χ4v) is 2.44. The minimum Gasteiger partial charge on any atom is -0.326 e. The lowest BCUT2D eigenvalue weighted by Gasteiger charge is -2.21. The first-order valence-corrected chi connectivity index (χ1v) is 7.02. The molecular formula is C11H22N2OS. The monoisotopic (exact) mass is 230 g/mol. The van der Waals surface area contributed by atoms with Gasteiger partial charge in [-0.15, -0.1) is 0 Å². The van der Waals surface area contributed by atoms with Crippen LogP contribution in [0.3, 0.4) is 0 Å². The number of nitrogens with one attached hydrogen (secondary N) is 1. The second-order valence-electron chi connectivity index (χ2n) is 4.35. The summed E-state index contributed by atoms with van der Waals surface area (Å²) in [7, 11) is 0. The summed E-state index contributed by atoms with van der Waals surface area (Å²) >= 11 is 1.83. The molecule has 0 aromatic heterocycles. The average Bonchev–Trinajstić information content (AvgIpc) is 2.42. The number of carbonyl (C=O) groups is 1. The van der Waals surface area contributed by atoms with E-state index in [0.717, 1.165) is 25.1 Å². The molecule has 0 bridgehead atoms. The summed E-state index contributed by atoms with van der Waals surface area (Å²) in [4.78, 5) is 14.1. The molecule has 0 aromatic carbocycles. The maximum atomic E-state index is 12.1. The molecule has 2 unspecified atom stereocenters. The lowest BCUT2D eigenvalue weighted by molar-refractivity contribution is -0.132. The normalized spacial score (nSPS) is 31.3. The van der Waals surface area contributed by atoms with E-state index in [1.165, 1.54) is 0 Å². The Bertz CT molecular complexity index is 235. The molecule has 88 valence electrons. The van der Waals surface area contributed by atoms with Gasteiger partial charge in [0.25, 0.3) is 0 Å². The van der Waals surface area contributed by atoms with Gasteiger partial charge in [-0.1, -0.05) is 6.92 Å². The minimum absolute atomic E-state index is 0.185. The van der Waals surface area contributed by atoms with Gasteiger partial charge in [0.15, 0.2) is 0 Å². The van der Waals surface area contributed by atoms with Gasteiger partial charge in [-0.3, -0.25) is 10.1 Å². The zero-order chi connectivity index (χ0) is 11.5. The number of amides is 1. The van der Waals surface area contributed by atoms with Gasteiger partial charge in [-0.25, -0.2) is 0 Å². The summed E-state index contributed by atoms with van der Waals surface area (Å²) in [6, 6.07) is 0. The molecule has 2 atom stereocenters. The van der Waals surface area contributed by atoms with Crippen LogP contribution in [0.5, 0.6) is 0 Å². The highest BCUT2D eigenvalue weighted by atomic mass is 32.2. The summed E-state index contributed by atoms with van der Waals surface area (Å²) in [5.74, 6) is 1.39. The molecule has 1 fully saturated rings. The van der Waals surface area contributed by atoms with Gasteiger partial charge in [-0.2, -0.15) is 11.8 Å². The van der Waals surface area contributed by atoms with Crippen LogP contribution in [-0.2, 0) is 4.79 Å². The van der Waals surface area contributed by atoms with Crippen LogP contribution in [0.15, 0.2) is 0 Å². The van der Waals surface area contributed by atoms with Crippen molar-refractivity contribution >= 4 is 17.7 Å². The van der Waals surface area contributed by atoms with E-state index in [1.807, 2.05) is 23.6 Å². The van der Waals surface area contributed by atoms with Crippen molar-refractivity contribution in [2.75, 3.05) is 18.6 Å². The van der Waals surface area contributed by atoms with Gasteiger partial charge in [0.05, 0.1) is 11.7 Å². The molecule has 0 radical (unpaired) electrons. The smallest absolute Gasteiger partial charge is 0.243 e. The zero-order valence-corrected chi connectivity index (χ0v) is 11.0. The second-order valence-corrected chi connectivity index (χ2v) is 5.34. The number of hydrogen-bond acceptors (Lipinski definition) is 3. The van der Waals surface area contributed by atoms with Gasteiger partial charge in [0.1, 0.15) is 0 Å². The van der Waals surface area contributed by atoms with E-state index in [2.05, 4.69) is 25.4 Å². The van der Waals surface area contributed by atoms with Crippen LogP contribution in [0, 0.1) is 0 Å². The highest BCUT2D eigenvalue weighted by Crippen LogP contribution is 2.23. The predicted octanol–water partition coefficient (Wildman–Crippen LogP) is 1.69. The molecule has 4 heteroatoms. The number of nitrogens with zero attached hydrogens (tertiary/aromatic N) is 1. The van der Waals surface area contributed by atoms with Crippen LogP contribution in [-0.4, -0.2) is 41.1 Å². The lowest BCUT2D eigenvalue weighted by atomic mass is 9.99. The number of hydrogen-bond donors (Lipinski definition) is 1. The summed E-state index contributed by atoms with van der Waals surface area (Å²) in [5.41, 5.74) is -0.335. The third-order valence-corrected chi connectivity index (χ3v) is 3.88. The van der Waals surface area contributed by atoms with Crippen molar-refractivity contribution in [3.8, 4) is 0 Å². The first-order chi connectivity index (χ1) is 7.05. The van der Waals surface area contributed by atoms with Gasteiger partial charge < -0.3 is 4.90 Å². The van der Waals surface area contributed by atoms with Crippen LogP contribution in [0.1, 0.15) is 33.6 Å². The topological polar surface area (TPSA) is 32.3 Å². The molecule has 1 rings (SSSR count). The van der Waals surface area contributed by atoms with Crippen LogP contribution >= 0.6 is 11.8 Å². The van der Waals surface area contributed by atoms with E-state index >= 15 is 0 Å². The van der Waals surface area contributed by atoms with Gasteiger partial charge in [-0.05, 0) is 38.7 Å². The van der Waals surface area contributed by atoms with E-state index in [-0.39, 0.29) is 17.6 Å². The van der Waals surface area contributed by atoms with Crippen molar-refractivity contribution in [1.82, 2.24) is 10.2 Å². The number of thioether (sulfide) groups is 1. The number of rotatable bonds is 5. The lowest BCUT2D eigenvalue weighted by Crippen LogP contribution is -2.43. The predicted molar refractivity (Wildman–Crippen MR) is 66.0 cm³/mol. The van der Waals surface area contributed by atoms with E-state index in [0.29, 0.717) is 0 Å². The first kappa shape index (κ1) is 12.8. The molecule has 3 nitrogen and oxygen atoms in total. The highest BCUT2D eigenvalue weighted by Gasteiger charge is 2.44. The maximum Gasteiger partial charge on any atom is 0.243 e. The fraction of sp³-hybridized carbons (Fsp3) is 0.909. The van der Waals surface area contributed by atoms with Crippen molar-refractivity contribution < 1.29 is 4.79 Å². The zero-order valence-electron chi connectivity index (χ0n) is 10.2. The highest BCUT2D eigenvalue weighted by molar-refractivity contribution is 7.98. The van der Waals surface area contributed by atoms with Gasteiger partial charge in [0.2, 0.25) is 5.91 Å². The minimum atomic E-state index is -0.335. The molecule has 1 aliphatic rings. The van der Waals surface area contributed by atoms with E-state index in [4.69, 9.17) is 0 Å². The van der Waals surface area contributed by atoms with Crippen LogP contribution in [0.25, 0.3) is 0 Å². The average molecular weight is 230 g/mol. The third kappa shape index (κ3) is 2.67. The van der Waals surface area contributed by atoms with Crippen LogP contribution in [0.2, 0.25) is 0 Å². The molecule has 1 heterocycles. The van der Waals surface area contributed by atoms with Crippen molar-refractivity contribution in [3.05, 3.63) is 0 Å². The van der Waals surface area contributed by atoms with Crippen LogP contribution in [0.4, 0.5) is 0 Å². The third-order valence-electron chi connectivity index (χ3n) is 3.18. The molecule has 1 aliphatic heterocycles. The molecule has 0 aliphatic carbocycles. The Morgan fingerprint density at radius 1 is 1.60 bits per heavy atom. The van der Waals surface area contributed by atoms with Crippen molar-refractivity contribution in [2.24, 2.45) is 0 Å². The van der Waals surface area contributed by atoms with Gasteiger partial charge in [0, 0.05) is 6.54 Å². The first-order valence-electron chi connectivity index (χ1n) is 5.63. The Balaban J connectivity index is 2.55. The van der Waals surface area contributed by atoms with Gasteiger partial charge >= 0.3 is 0 Å². The molecule has 1 saturated heterocycles. The van der Waals surface area contributed by atoms with Crippen molar-refractivity contribution in [1.29, 1.82) is 0 Å². The Morgan fingerprint density at radius 2 is 2.27 bits per heavy atom. The molecule has 0 saturated carbocycles. The summed E-state index contributed by atoms with van der Waals surface area (Å²) < 4.78 is 0. The molecule has 15 heavy (non-hydrogen) atoms. The standard InChI is InChI=1S/C11H22N2OS/c1-5-11(3)10(14)13(9(2)12-11)7-6-8-15-4/h9,12H,5-8H2,1-4H3. The van der Waals surface area contributed by atoms with Crippen LogP contribution < -0.4 is 5.32 Å². The Labute approximate surface area is 97.0 Å². The quantitative estimate of drug-likeness (QED) is 0.729. The molecule has 0 spiro atoms. The molecule has 1 amide bonds. The summed E-state index contributed by atoms with van der Waals surface area (Å²) in [6.07, 6.45) is 4.22. The Hall–Kier alpha value is -0.220. The van der Waals surface area contributed by atoms with E-state index in [9.17, 15) is 4.79 Å². The number of carbonyl (C=O) groups excluding carboxylic acids is 1. The largest absolute Gasteiger partial charge is 0.326 e. The van der Waals surface area contributed by atoms with E-state index in [1.54, 1.807) is 0 Å². The van der Waals surface area contributed by atoms with E-state index < -0.39 is 0 Å². The summed E-state index contributed by atoms with van der Waals surface area (Å²) in [5, 5.41) is 3.38. The molecule has 0 aromatic rings. The maximum absolute atomic E-state index is 12.1. The molecular weight excluding hydrogens is 208 g/mol. The fourth-order valence-electron chi connectivity index (χ4n) is 2.02. The SMILES string of the molecule is CCC1(C)NC(C)N(CCCSC)C1=O. The van der Waals surface area contributed by atoms with Crippen molar-refractivity contribution in [3.63, 3.8) is 0 Å². The second kappa shape index (κ2) is 5.21. The summed E-state index contributed by atoms with van der Waals surface area (Å²) in [6.45, 7) is 7.00. The Morgan fingerprint density at radius 3 is 2.73 bits per heavy atom. The Kier molecular flexibility index (Phi) is 4.46. The van der Waals surface area contributed by atoms with Crippen molar-refractivity contribution in [2.45, 2.75) is 45.3 Å². The molecule has 1 N–H and O–H groups in total.